The molecular formula is C9H23NO5Si. The highest BCUT2D eigenvalue weighted by Gasteiger charge is 2.11. The van der Waals surface area contributed by atoms with Crippen molar-refractivity contribution in [2.45, 2.75) is 20.8 Å². The van der Waals surface area contributed by atoms with E-state index in [9.17, 15) is 4.79 Å². The van der Waals surface area contributed by atoms with E-state index in [0.29, 0.717) is 19.8 Å². The van der Waals surface area contributed by atoms with Crippen LogP contribution < -0.4 is 0 Å². The average Bonchev–Trinajstić information content (AvgIpc) is 2.19. The zero-order valence-electron chi connectivity index (χ0n) is 10.7. The van der Waals surface area contributed by atoms with Crippen LogP contribution in [0, 0.1) is 0 Å². The van der Waals surface area contributed by atoms with Crippen LogP contribution in [-0.2, 0) is 13.3 Å². The number of amides is 1. The number of rotatable bonds is 6. The summed E-state index contributed by atoms with van der Waals surface area (Å²) < 4.78 is 15.7. The van der Waals surface area contributed by atoms with E-state index in [4.69, 9.17) is 18.4 Å². The lowest BCUT2D eigenvalue weighted by Crippen LogP contribution is -2.27. The molecule has 0 radical (unpaired) electrons. The molecule has 98 valence electrons. The molecule has 0 aromatic rings. The van der Waals surface area contributed by atoms with Crippen LogP contribution in [0.5, 0.6) is 0 Å². The fourth-order valence-corrected chi connectivity index (χ4v) is 1.66. The molecule has 0 atom stereocenters. The number of hydrogen-bond donors (Lipinski definition) is 1. The standard InChI is InChI=1S/C6H16O3Si.C3H7NO2/c1-4-7-10(8-5-2)9-6-3;1-4(2)3(5)6/h10H,4-6H2,1-3H3;1-2H3,(H,5,6). The summed E-state index contributed by atoms with van der Waals surface area (Å²) in [6.07, 6.45) is -0.907. The van der Waals surface area contributed by atoms with Crippen LogP contribution in [0.2, 0.25) is 0 Å². The van der Waals surface area contributed by atoms with Crippen LogP contribution in [0.4, 0.5) is 4.79 Å². The van der Waals surface area contributed by atoms with E-state index >= 15 is 0 Å². The van der Waals surface area contributed by atoms with Crippen molar-refractivity contribution < 1.29 is 23.2 Å². The van der Waals surface area contributed by atoms with E-state index in [-0.39, 0.29) is 0 Å². The van der Waals surface area contributed by atoms with Gasteiger partial charge in [-0.3, -0.25) is 0 Å². The molecule has 0 bridgehead atoms. The number of hydrogen-bond acceptors (Lipinski definition) is 4. The summed E-state index contributed by atoms with van der Waals surface area (Å²) in [6.45, 7) is 7.86. The zero-order chi connectivity index (χ0) is 13.0. The van der Waals surface area contributed by atoms with Crippen LogP contribution >= 0.6 is 0 Å². The largest absolute Gasteiger partial charge is 0.484 e. The molecule has 6 nitrogen and oxygen atoms in total. The predicted molar refractivity (Wildman–Crippen MR) is 63.7 cm³/mol. The summed E-state index contributed by atoms with van der Waals surface area (Å²) in [5.41, 5.74) is 0. The summed E-state index contributed by atoms with van der Waals surface area (Å²) in [7, 11) is 1.22. The molecule has 0 unspecified atom stereocenters. The van der Waals surface area contributed by atoms with E-state index < -0.39 is 15.6 Å². The fraction of sp³-hybridized carbons (Fsp3) is 0.889. The van der Waals surface area contributed by atoms with Crippen LogP contribution in [0.25, 0.3) is 0 Å². The summed E-state index contributed by atoms with van der Waals surface area (Å²) in [6, 6.07) is 0. The Morgan fingerprint density at radius 3 is 1.44 bits per heavy atom. The predicted octanol–water partition coefficient (Wildman–Crippen LogP) is 1.04. The van der Waals surface area contributed by atoms with E-state index in [0.717, 1.165) is 4.90 Å². The van der Waals surface area contributed by atoms with Gasteiger partial charge in [-0.05, 0) is 20.8 Å². The van der Waals surface area contributed by atoms with Crippen LogP contribution in [0.3, 0.4) is 0 Å². The Morgan fingerprint density at radius 1 is 1.06 bits per heavy atom. The molecule has 0 rings (SSSR count). The molecule has 0 aliphatic heterocycles. The van der Waals surface area contributed by atoms with Crippen molar-refractivity contribution in [2.75, 3.05) is 33.9 Å². The first kappa shape index (κ1) is 17.8. The smallest absolute Gasteiger partial charge is 0.465 e. The van der Waals surface area contributed by atoms with Crippen molar-refractivity contribution in [3.05, 3.63) is 0 Å². The van der Waals surface area contributed by atoms with Gasteiger partial charge in [0.05, 0.1) is 0 Å². The number of carboxylic acid groups (broad SMARTS) is 1. The maximum absolute atomic E-state index is 9.62. The molecule has 0 aliphatic carbocycles. The lowest BCUT2D eigenvalue weighted by molar-refractivity contribution is 0.107. The van der Waals surface area contributed by atoms with Gasteiger partial charge in [-0.15, -0.1) is 0 Å². The molecule has 16 heavy (non-hydrogen) atoms. The van der Waals surface area contributed by atoms with E-state index in [2.05, 4.69) is 0 Å². The summed E-state index contributed by atoms with van der Waals surface area (Å²) >= 11 is 0. The number of nitrogens with zero attached hydrogens (tertiary/aromatic N) is 1. The third-order valence-electron chi connectivity index (χ3n) is 1.29. The SMILES string of the molecule is CCO[SiH](OCC)OCC.CN(C)C(=O)O. The Kier molecular flexibility index (Phi) is 13.8. The molecule has 0 saturated carbocycles. The highest BCUT2D eigenvalue weighted by atomic mass is 28.3. The normalized spacial score (nSPS) is 9.62. The number of carbonyl (C=O) groups is 1. The van der Waals surface area contributed by atoms with Gasteiger partial charge in [0.1, 0.15) is 0 Å². The van der Waals surface area contributed by atoms with E-state index in [1.54, 1.807) is 0 Å². The van der Waals surface area contributed by atoms with E-state index in [1.807, 2.05) is 20.8 Å². The van der Waals surface area contributed by atoms with Crippen molar-refractivity contribution in [1.82, 2.24) is 4.90 Å². The van der Waals surface area contributed by atoms with Crippen LogP contribution in [0.15, 0.2) is 0 Å². The van der Waals surface area contributed by atoms with Gasteiger partial charge in [0, 0.05) is 33.9 Å². The van der Waals surface area contributed by atoms with Crippen molar-refractivity contribution in [2.24, 2.45) is 0 Å². The van der Waals surface area contributed by atoms with Crippen LogP contribution in [0.1, 0.15) is 20.8 Å². The van der Waals surface area contributed by atoms with Gasteiger partial charge < -0.3 is 23.3 Å². The van der Waals surface area contributed by atoms with Gasteiger partial charge in [0.2, 0.25) is 0 Å². The third-order valence-corrected chi connectivity index (χ3v) is 3.11. The molecule has 0 saturated heterocycles. The lowest BCUT2D eigenvalue weighted by Gasteiger charge is -2.12. The molecule has 0 aromatic carbocycles. The van der Waals surface area contributed by atoms with Gasteiger partial charge in [-0.25, -0.2) is 4.79 Å². The highest BCUT2D eigenvalue weighted by Crippen LogP contribution is 1.91. The minimum Gasteiger partial charge on any atom is -0.465 e. The second-order valence-corrected chi connectivity index (χ2v) is 4.41. The fourth-order valence-electron chi connectivity index (χ4n) is 0.553. The van der Waals surface area contributed by atoms with Crippen molar-refractivity contribution >= 4 is 15.6 Å². The zero-order valence-corrected chi connectivity index (χ0v) is 11.9. The summed E-state index contributed by atoms with van der Waals surface area (Å²) in [5, 5.41) is 7.92. The summed E-state index contributed by atoms with van der Waals surface area (Å²) in [5.74, 6) is 0. The Morgan fingerprint density at radius 2 is 1.31 bits per heavy atom. The molecule has 1 amide bonds. The first-order chi connectivity index (χ1) is 7.49. The van der Waals surface area contributed by atoms with Crippen LogP contribution in [-0.4, -0.2) is 59.5 Å². The Hall–Kier alpha value is -0.633. The Bertz CT molecular complexity index is 154. The molecule has 0 aromatic heterocycles. The highest BCUT2D eigenvalue weighted by molar-refractivity contribution is 6.36. The Labute approximate surface area is 99.1 Å². The van der Waals surface area contributed by atoms with Gasteiger partial charge in [-0.1, -0.05) is 0 Å². The second-order valence-electron chi connectivity index (χ2n) is 2.83. The first-order valence-corrected chi connectivity index (χ1v) is 6.65. The Balaban J connectivity index is 0. The lowest BCUT2D eigenvalue weighted by atomic mass is 10.9. The summed E-state index contributed by atoms with van der Waals surface area (Å²) in [4.78, 5) is 10.7. The van der Waals surface area contributed by atoms with Crippen molar-refractivity contribution in [1.29, 1.82) is 0 Å². The molecule has 0 aliphatic rings. The minimum atomic E-state index is -1.73. The average molecular weight is 253 g/mol. The van der Waals surface area contributed by atoms with Crippen molar-refractivity contribution in [3.63, 3.8) is 0 Å². The molecule has 0 spiro atoms. The monoisotopic (exact) mass is 253 g/mol. The molecule has 7 heteroatoms. The van der Waals surface area contributed by atoms with Gasteiger partial charge in [0.25, 0.3) is 0 Å². The van der Waals surface area contributed by atoms with Gasteiger partial charge in [-0.2, -0.15) is 0 Å². The van der Waals surface area contributed by atoms with Gasteiger partial charge in [0.15, 0.2) is 0 Å². The third kappa shape index (κ3) is 13.4. The molecular weight excluding hydrogens is 230 g/mol. The first-order valence-electron chi connectivity index (χ1n) is 5.24. The minimum absolute atomic E-state index is 0.677. The second kappa shape index (κ2) is 12.4. The maximum Gasteiger partial charge on any atom is 0.484 e. The maximum atomic E-state index is 9.62. The van der Waals surface area contributed by atoms with Gasteiger partial charge >= 0.3 is 15.6 Å². The quantitative estimate of drug-likeness (QED) is 0.716. The van der Waals surface area contributed by atoms with E-state index in [1.165, 1.54) is 14.1 Å². The molecule has 1 N–H and O–H groups in total. The molecule has 0 heterocycles. The topological polar surface area (TPSA) is 68.2 Å². The molecule has 0 fully saturated rings. The van der Waals surface area contributed by atoms with Crippen molar-refractivity contribution in [3.8, 4) is 0 Å².